The van der Waals surface area contributed by atoms with Crippen molar-refractivity contribution in [2.45, 2.75) is 101 Å². The molecule has 3 heterocycles. The number of methoxy groups -OCH3 is 1. The second-order valence-corrected chi connectivity index (χ2v) is 16.6. The summed E-state index contributed by atoms with van der Waals surface area (Å²) in [5, 5.41) is 0. The lowest BCUT2D eigenvalue weighted by atomic mass is 9.95. The lowest BCUT2D eigenvalue weighted by molar-refractivity contribution is -0.397. The third-order valence-electron chi connectivity index (χ3n) is 12.0. The van der Waals surface area contributed by atoms with Gasteiger partial charge in [-0.1, -0.05) is 182 Å². The molecule has 3 saturated heterocycles. The number of hydrogen-bond donors (Lipinski definition) is 0. The standard InChI is InChI=1S/C55H58O11/c1-56-54-51(60-35-42-26-14-5-15-27-42)49(58-33-40-22-10-3-11-23-40)47(45(63-54)37-57-32-39-20-8-2-9-21-39)66-55-52(61-36-43-28-16-6-17-29-43)50(59-34-41-24-12-4-13-25-41)48-46(64-55)38-62-53(65-48)44-30-18-7-19-31-44/h2-31,45-55H,32-38H2,1H3/t45-,46-,47-,48-,49+,50+,51+,52+,53?,54+,55+/m1/s1. The van der Waals surface area contributed by atoms with Crippen molar-refractivity contribution in [3.8, 4) is 0 Å². The molecular weight excluding hydrogens is 837 g/mol. The number of benzene rings is 6. The molecule has 3 fully saturated rings. The first kappa shape index (κ1) is 46.0. The van der Waals surface area contributed by atoms with E-state index < -0.39 is 67.7 Å². The zero-order valence-electron chi connectivity index (χ0n) is 37.1. The van der Waals surface area contributed by atoms with Crippen LogP contribution in [0.15, 0.2) is 182 Å². The van der Waals surface area contributed by atoms with Gasteiger partial charge < -0.3 is 52.1 Å². The fraction of sp³-hybridized carbons (Fsp3) is 0.345. The number of fused-ring (bicyclic) bond motifs is 1. The monoisotopic (exact) mass is 894 g/mol. The molecule has 11 heteroatoms. The van der Waals surface area contributed by atoms with Crippen LogP contribution in [-0.2, 0) is 85.1 Å². The van der Waals surface area contributed by atoms with Gasteiger partial charge in [0.05, 0.1) is 46.2 Å². The van der Waals surface area contributed by atoms with Crippen molar-refractivity contribution in [2.24, 2.45) is 0 Å². The van der Waals surface area contributed by atoms with E-state index in [9.17, 15) is 0 Å². The lowest BCUT2D eigenvalue weighted by Gasteiger charge is -2.51. The van der Waals surface area contributed by atoms with Gasteiger partial charge in [0.2, 0.25) is 0 Å². The topological polar surface area (TPSA) is 102 Å². The van der Waals surface area contributed by atoms with Crippen molar-refractivity contribution in [1.82, 2.24) is 0 Å². The molecule has 11 atom stereocenters. The first-order valence-corrected chi connectivity index (χ1v) is 22.7. The Morgan fingerprint density at radius 1 is 0.424 bits per heavy atom. The molecule has 344 valence electrons. The van der Waals surface area contributed by atoms with E-state index in [1.54, 1.807) is 7.11 Å². The van der Waals surface area contributed by atoms with Crippen LogP contribution in [0.3, 0.4) is 0 Å². The van der Waals surface area contributed by atoms with Crippen LogP contribution in [0.5, 0.6) is 0 Å². The Bertz CT molecular complexity index is 2280. The van der Waals surface area contributed by atoms with E-state index in [2.05, 4.69) is 0 Å². The fourth-order valence-electron chi connectivity index (χ4n) is 8.62. The fourth-order valence-corrected chi connectivity index (χ4v) is 8.62. The maximum atomic E-state index is 7.36. The molecule has 11 nitrogen and oxygen atoms in total. The molecule has 0 amide bonds. The minimum atomic E-state index is -1.03. The molecule has 0 saturated carbocycles. The predicted molar refractivity (Wildman–Crippen MR) is 245 cm³/mol. The van der Waals surface area contributed by atoms with Crippen molar-refractivity contribution in [3.05, 3.63) is 215 Å². The zero-order valence-corrected chi connectivity index (χ0v) is 37.1. The molecule has 0 bridgehead atoms. The number of rotatable bonds is 20. The van der Waals surface area contributed by atoms with Crippen molar-refractivity contribution >= 4 is 0 Å². The van der Waals surface area contributed by atoms with Crippen LogP contribution in [0.1, 0.15) is 39.7 Å². The summed E-state index contributed by atoms with van der Waals surface area (Å²) in [6, 6.07) is 60.0. The smallest absolute Gasteiger partial charge is 0.187 e. The van der Waals surface area contributed by atoms with E-state index in [0.29, 0.717) is 13.2 Å². The molecule has 66 heavy (non-hydrogen) atoms. The summed E-state index contributed by atoms with van der Waals surface area (Å²) in [4.78, 5) is 0. The lowest BCUT2D eigenvalue weighted by Crippen LogP contribution is -2.67. The van der Waals surface area contributed by atoms with Crippen molar-refractivity contribution in [3.63, 3.8) is 0 Å². The van der Waals surface area contributed by atoms with Crippen molar-refractivity contribution in [2.75, 3.05) is 20.3 Å². The maximum absolute atomic E-state index is 7.36. The Morgan fingerprint density at radius 3 is 1.33 bits per heavy atom. The third kappa shape index (κ3) is 12.1. The highest BCUT2D eigenvalue weighted by molar-refractivity contribution is 5.19. The molecule has 0 aliphatic carbocycles. The molecule has 1 unspecified atom stereocenters. The highest BCUT2D eigenvalue weighted by Gasteiger charge is 2.56. The largest absolute Gasteiger partial charge is 0.374 e. The average Bonchev–Trinajstić information content (AvgIpc) is 3.38. The minimum absolute atomic E-state index is 0.142. The van der Waals surface area contributed by atoms with Crippen LogP contribution < -0.4 is 0 Å². The molecule has 9 rings (SSSR count). The van der Waals surface area contributed by atoms with E-state index in [1.807, 2.05) is 182 Å². The molecule has 0 spiro atoms. The second-order valence-electron chi connectivity index (χ2n) is 16.6. The van der Waals surface area contributed by atoms with Gasteiger partial charge >= 0.3 is 0 Å². The Hall–Kier alpha value is -5.12. The molecule has 0 aromatic heterocycles. The van der Waals surface area contributed by atoms with Gasteiger partial charge in [0.25, 0.3) is 0 Å². The molecule has 0 N–H and O–H groups in total. The second kappa shape index (κ2) is 23.6. The summed E-state index contributed by atoms with van der Waals surface area (Å²) < 4.78 is 74.6. The summed E-state index contributed by atoms with van der Waals surface area (Å²) in [7, 11) is 1.61. The van der Waals surface area contributed by atoms with Crippen LogP contribution in [-0.4, -0.2) is 81.7 Å². The van der Waals surface area contributed by atoms with E-state index >= 15 is 0 Å². The first-order valence-electron chi connectivity index (χ1n) is 22.7. The highest BCUT2D eigenvalue weighted by Crippen LogP contribution is 2.40. The molecular formula is C55H58O11. The number of ether oxygens (including phenoxy) is 11. The van der Waals surface area contributed by atoms with Crippen LogP contribution in [0.25, 0.3) is 0 Å². The van der Waals surface area contributed by atoms with Gasteiger partial charge in [0.15, 0.2) is 18.9 Å². The minimum Gasteiger partial charge on any atom is -0.374 e. The number of hydrogen-bond acceptors (Lipinski definition) is 11. The van der Waals surface area contributed by atoms with Crippen molar-refractivity contribution < 1.29 is 52.1 Å². The molecule has 3 aliphatic heterocycles. The molecule has 0 radical (unpaired) electrons. The Kier molecular flexibility index (Phi) is 16.4. The quantitative estimate of drug-likeness (QED) is 0.0734. The van der Waals surface area contributed by atoms with Gasteiger partial charge in [-0.25, -0.2) is 0 Å². The Labute approximate surface area is 387 Å². The van der Waals surface area contributed by atoms with Gasteiger partial charge in [0, 0.05) is 12.7 Å². The summed E-state index contributed by atoms with van der Waals surface area (Å²) in [6.45, 7) is 1.80. The molecule has 3 aliphatic rings. The summed E-state index contributed by atoms with van der Waals surface area (Å²) in [5.74, 6) is 0. The summed E-state index contributed by atoms with van der Waals surface area (Å²) in [6.07, 6.45) is -8.22. The summed E-state index contributed by atoms with van der Waals surface area (Å²) in [5.41, 5.74) is 5.86. The van der Waals surface area contributed by atoms with Crippen LogP contribution >= 0.6 is 0 Å². The first-order chi connectivity index (χ1) is 32.7. The van der Waals surface area contributed by atoms with E-state index in [0.717, 1.165) is 33.4 Å². The van der Waals surface area contributed by atoms with Gasteiger partial charge in [-0.15, -0.1) is 0 Å². The normalized spacial score (nSPS) is 27.5. The highest BCUT2D eigenvalue weighted by atomic mass is 16.8. The predicted octanol–water partition coefficient (Wildman–Crippen LogP) is 9.14. The zero-order chi connectivity index (χ0) is 44.8. The van der Waals surface area contributed by atoms with Crippen LogP contribution in [0.4, 0.5) is 0 Å². The van der Waals surface area contributed by atoms with Gasteiger partial charge in [-0.2, -0.15) is 0 Å². The maximum Gasteiger partial charge on any atom is 0.187 e. The van der Waals surface area contributed by atoms with E-state index in [-0.39, 0.29) is 33.0 Å². The van der Waals surface area contributed by atoms with Gasteiger partial charge in [0.1, 0.15) is 48.8 Å². The third-order valence-corrected chi connectivity index (χ3v) is 12.0. The Balaban J connectivity index is 1.08. The van der Waals surface area contributed by atoms with Crippen molar-refractivity contribution in [1.29, 1.82) is 0 Å². The van der Waals surface area contributed by atoms with Crippen LogP contribution in [0.2, 0.25) is 0 Å². The Morgan fingerprint density at radius 2 is 0.848 bits per heavy atom. The molecule has 6 aromatic carbocycles. The van der Waals surface area contributed by atoms with E-state index in [4.69, 9.17) is 52.1 Å². The average molecular weight is 895 g/mol. The summed E-state index contributed by atoms with van der Waals surface area (Å²) >= 11 is 0. The van der Waals surface area contributed by atoms with E-state index in [1.165, 1.54) is 0 Å². The van der Waals surface area contributed by atoms with Crippen LogP contribution in [0, 0.1) is 0 Å². The SMILES string of the molecule is CO[C@H]1O[C@H](COCc2ccccc2)[C@@H](O[C@@H]2O[C@@H]3COC(c4ccccc4)O[C@H]3[C@H](OCc3ccccc3)[C@@H]2OCc2ccccc2)[C@H](OCc2ccccc2)[C@@H]1OCc1ccccc1. The van der Waals surface area contributed by atoms with Gasteiger partial charge in [-0.3, -0.25) is 0 Å². The molecule has 6 aromatic rings. The van der Waals surface area contributed by atoms with Gasteiger partial charge in [-0.05, 0) is 27.8 Å².